The molecule has 0 aliphatic rings. The molecule has 2 rings (SSSR count). The van der Waals surface area contributed by atoms with Gasteiger partial charge in [0, 0.05) is 0 Å². The normalized spacial score (nSPS) is 12.1. The predicted molar refractivity (Wildman–Crippen MR) is 105 cm³/mol. The van der Waals surface area contributed by atoms with Gasteiger partial charge in [-0.05, 0) is 11.1 Å². The fraction of sp³-hybridized carbons (Fsp3) is 0.222. The zero-order valence-electron chi connectivity index (χ0n) is 15.8. The third-order valence-corrected chi connectivity index (χ3v) is 3.23. The molecular formula is C18H24N2O8S. The van der Waals surface area contributed by atoms with E-state index in [0.717, 1.165) is 11.1 Å². The number of rotatable bonds is 4. The van der Waals surface area contributed by atoms with Gasteiger partial charge < -0.3 is 20.9 Å². The topological polar surface area (TPSA) is 179 Å². The van der Waals surface area contributed by atoms with Crippen LogP contribution in [0.1, 0.15) is 23.2 Å². The van der Waals surface area contributed by atoms with Crippen molar-refractivity contribution in [3.05, 3.63) is 71.8 Å². The van der Waals surface area contributed by atoms with E-state index in [9.17, 15) is 9.59 Å². The van der Waals surface area contributed by atoms with Gasteiger partial charge in [-0.3, -0.25) is 18.7 Å². The van der Waals surface area contributed by atoms with Crippen molar-refractivity contribution < 1.29 is 36.6 Å². The molecule has 0 saturated carbocycles. The largest absolute Gasteiger partial charge is 0.468 e. The molecule has 2 aromatic rings. The summed E-state index contributed by atoms with van der Waals surface area (Å²) in [6, 6.07) is 16.9. The van der Waals surface area contributed by atoms with E-state index in [1.807, 2.05) is 36.4 Å². The summed E-state index contributed by atoms with van der Waals surface area (Å²) in [5.74, 6) is -0.831. The number of hydrogen-bond acceptors (Lipinski definition) is 8. The number of carbonyl (C=O) groups is 2. The van der Waals surface area contributed by atoms with Gasteiger partial charge in [0.05, 0.1) is 14.2 Å². The van der Waals surface area contributed by atoms with E-state index in [2.05, 4.69) is 9.47 Å². The van der Waals surface area contributed by atoms with Crippen LogP contribution >= 0.6 is 0 Å². The van der Waals surface area contributed by atoms with Crippen molar-refractivity contribution in [2.24, 2.45) is 11.5 Å². The summed E-state index contributed by atoms with van der Waals surface area (Å²) in [6.07, 6.45) is 0. The number of esters is 2. The van der Waals surface area contributed by atoms with Gasteiger partial charge in [0.1, 0.15) is 12.1 Å². The summed E-state index contributed by atoms with van der Waals surface area (Å²) in [5, 5.41) is 0. The van der Waals surface area contributed by atoms with Gasteiger partial charge in [0.25, 0.3) is 0 Å². The molecule has 11 heteroatoms. The van der Waals surface area contributed by atoms with Gasteiger partial charge >= 0.3 is 22.3 Å². The van der Waals surface area contributed by atoms with E-state index in [0.29, 0.717) is 0 Å². The Morgan fingerprint density at radius 3 is 1.21 bits per heavy atom. The number of hydrogen-bond donors (Lipinski definition) is 4. The molecule has 29 heavy (non-hydrogen) atoms. The minimum Gasteiger partial charge on any atom is -0.468 e. The minimum atomic E-state index is -4.67. The molecule has 2 unspecified atom stereocenters. The van der Waals surface area contributed by atoms with Gasteiger partial charge in [-0.2, -0.15) is 8.42 Å². The van der Waals surface area contributed by atoms with Crippen LogP contribution in [0.3, 0.4) is 0 Å². The second-order valence-electron chi connectivity index (χ2n) is 5.27. The van der Waals surface area contributed by atoms with E-state index < -0.39 is 34.4 Å². The highest BCUT2D eigenvalue weighted by atomic mass is 32.3. The monoisotopic (exact) mass is 428 g/mol. The van der Waals surface area contributed by atoms with Crippen molar-refractivity contribution in [2.45, 2.75) is 12.1 Å². The average molecular weight is 428 g/mol. The lowest BCUT2D eigenvalue weighted by Gasteiger charge is -2.08. The summed E-state index contributed by atoms with van der Waals surface area (Å²) in [5.41, 5.74) is 12.7. The Bertz CT molecular complexity index is 779. The maximum Gasteiger partial charge on any atom is 0.394 e. The predicted octanol–water partition coefficient (Wildman–Crippen LogP) is 1.07. The third-order valence-electron chi connectivity index (χ3n) is 3.23. The quantitative estimate of drug-likeness (QED) is 0.406. The van der Waals surface area contributed by atoms with Gasteiger partial charge in [-0.1, -0.05) is 60.7 Å². The number of benzene rings is 2. The highest BCUT2D eigenvalue weighted by molar-refractivity contribution is 7.79. The molecule has 160 valence electrons. The van der Waals surface area contributed by atoms with Crippen molar-refractivity contribution in [1.29, 1.82) is 0 Å². The molecule has 0 fully saturated rings. The first kappa shape index (κ1) is 26.2. The molecule has 0 heterocycles. The fourth-order valence-electron chi connectivity index (χ4n) is 1.85. The number of nitrogens with two attached hydrogens (primary N) is 2. The first-order chi connectivity index (χ1) is 13.5. The Morgan fingerprint density at radius 1 is 0.759 bits per heavy atom. The van der Waals surface area contributed by atoms with Crippen LogP contribution in [0.4, 0.5) is 0 Å². The molecule has 0 radical (unpaired) electrons. The van der Waals surface area contributed by atoms with Crippen LogP contribution in [-0.4, -0.2) is 43.7 Å². The highest BCUT2D eigenvalue weighted by Gasteiger charge is 2.15. The molecule has 0 amide bonds. The Kier molecular flexibility index (Phi) is 12.1. The standard InChI is InChI=1S/2C9H11NO2.H2O4S/c2*1-12-9(11)8(10)7-5-3-2-4-6-7;1-5(2,3)4/h2*2-6,8H,10H2,1H3;(H2,1,2,3,4). The molecule has 0 aliphatic carbocycles. The molecule has 0 aromatic heterocycles. The molecule has 10 nitrogen and oxygen atoms in total. The third kappa shape index (κ3) is 12.3. The van der Waals surface area contributed by atoms with Crippen LogP contribution in [0.5, 0.6) is 0 Å². The second kappa shape index (κ2) is 13.4. The number of methoxy groups -OCH3 is 2. The van der Waals surface area contributed by atoms with Crippen molar-refractivity contribution in [2.75, 3.05) is 14.2 Å². The summed E-state index contributed by atoms with van der Waals surface area (Å²) in [4.78, 5) is 21.9. The van der Waals surface area contributed by atoms with E-state index >= 15 is 0 Å². The molecule has 2 aromatic carbocycles. The van der Waals surface area contributed by atoms with Gasteiger partial charge in [-0.25, -0.2) is 0 Å². The lowest BCUT2D eigenvalue weighted by atomic mass is 10.1. The maximum absolute atomic E-state index is 11.0. The molecule has 0 bridgehead atoms. The Labute approximate surface area is 169 Å². The summed E-state index contributed by atoms with van der Waals surface area (Å²) in [6.45, 7) is 0. The molecule has 0 aliphatic heterocycles. The van der Waals surface area contributed by atoms with Crippen LogP contribution in [0, 0.1) is 0 Å². The lowest BCUT2D eigenvalue weighted by molar-refractivity contribution is -0.143. The fourth-order valence-corrected chi connectivity index (χ4v) is 1.85. The second-order valence-corrected chi connectivity index (χ2v) is 6.17. The van der Waals surface area contributed by atoms with E-state index in [1.165, 1.54) is 14.2 Å². The number of ether oxygens (including phenoxy) is 2. The Hall–Kier alpha value is -2.83. The van der Waals surface area contributed by atoms with Gasteiger partial charge in [-0.15, -0.1) is 0 Å². The average Bonchev–Trinajstić information content (AvgIpc) is 2.72. The minimum absolute atomic E-state index is 0.416. The lowest BCUT2D eigenvalue weighted by Crippen LogP contribution is -2.22. The van der Waals surface area contributed by atoms with E-state index in [-0.39, 0.29) is 0 Å². The maximum atomic E-state index is 11.0. The zero-order chi connectivity index (χ0) is 22.4. The molecule has 0 spiro atoms. The summed E-state index contributed by atoms with van der Waals surface area (Å²) < 4.78 is 40.6. The molecule has 2 atom stereocenters. The van der Waals surface area contributed by atoms with Crippen molar-refractivity contribution >= 4 is 22.3 Å². The number of carbonyl (C=O) groups excluding carboxylic acids is 2. The summed E-state index contributed by atoms with van der Waals surface area (Å²) in [7, 11) is -2.02. The molecular weight excluding hydrogens is 404 g/mol. The van der Waals surface area contributed by atoms with Crippen LogP contribution in [-0.2, 0) is 29.5 Å². The zero-order valence-corrected chi connectivity index (χ0v) is 16.7. The van der Waals surface area contributed by atoms with Crippen molar-refractivity contribution in [1.82, 2.24) is 0 Å². The van der Waals surface area contributed by atoms with Gasteiger partial charge in [0.2, 0.25) is 0 Å². The Balaban J connectivity index is 0.000000442. The summed E-state index contributed by atoms with van der Waals surface area (Å²) >= 11 is 0. The van der Waals surface area contributed by atoms with Crippen molar-refractivity contribution in [3.63, 3.8) is 0 Å². The van der Waals surface area contributed by atoms with Crippen LogP contribution in [0.15, 0.2) is 60.7 Å². The first-order valence-electron chi connectivity index (χ1n) is 7.97. The molecule has 0 saturated heterocycles. The SMILES string of the molecule is COC(=O)C(N)c1ccccc1.COC(=O)C(N)c1ccccc1.O=S(=O)(O)O. The Morgan fingerprint density at radius 2 is 1.00 bits per heavy atom. The van der Waals surface area contributed by atoms with Gasteiger partial charge in [0.15, 0.2) is 0 Å². The van der Waals surface area contributed by atoms with E-state index in [4.69, 9.17) is 29.0 Å². The van der Waals surface area contributed by atoms with E-state index in [1.54, 1.807) is 24.3 Å². The van der Waals surface area contributed by atoms with Crippen LogP contribution in [0.2, 0.25) is 0 Å². The van der Waals surface area contributed by atoms with Crippen LogP contribution in [0.25, 0.3) is 0 Å². The first-order valence-corrected chi connectivity index (χ1v) is 9.37. The van der Waals surface area contributed by atoms with Crippen LogP contribution < -0.4 is 11.5 Å². The van der Waals surface area contributed by atoms with Crippen molar-refractivity contribution in [3.8, 4) is 0 Å². The smallest absolute Gasteiger partial charge is 0.394 e. The highest BCUT2D eigenvalue weighted by Crippen LogP contribution is 2.10. The molecule has 6 N–H and O–H groups in total.